The van der Waals surface area contributed by atoms with E-state index in [1.54, 1.807) is 12.4 Å². The molecule has 3 heterocycles. The molecule has 1 aliphatic heterocycles. The molecule has 0 saturated carbocycles. The molecule has 6 heteroatoms. The van der Waals surface area contributed by atoms with Crippen LogP contribution in [-0.2, 0) is 26.6 Å². The highest BCUT2D eigenvalue weighted by Gasteiger charge is 2.28. The van der Waals surface area contributed by atoms with E-state index in [-0.39, 0.29) is 5.91 Å². The number of aryl methyl sites for hydroxylation is 1. The molecule has 2 aliphatic rings. The summed E-state index contributed by atoms with van der Waals surface area (Å²) in [5.74, 6) is 0.522. The van der Waals surface area contributed by atoms with Gasteiger partial charge in [0.25, 0.3) is 5.91 Å². The van der Waals surface area contributed by atoms with Crippen LogP contribution in [0.3, 0.4) is 0 Å². The standard InChI is InChI=1S/C24H31N5O/c1-17(2)20-8-6-18(7-9-20)15-29-12-10-22-21(16-29)23(27-28(22)3)24(30)26-14-19-5-4-11-25-13-19/h4-6,11,13,20H,1,7-10,12,14-16H2,2-3H3,(H,26,30)/t20-/m1/s1. The number of amides is 1. The first-order valence-electron chi connectivity index (χ1n) is 10.8. The minimum absolute atomic E-state index is 0.112. The second kappa shape index (κ2) is 8.96. The Morgan fingerprint density at radius 1 is 1.37 bits per heavy atom. The zero-order chi connectivity index (χ0) is 21.1. The van der Waals surface area contributed by atoms with E-state index in [9.17, 15) is 4.79 Å². The van der Waals surface area contributed by atoms with Gasteiger partial charge in [0.1, 0.15) is 0 Å². The molecule has 1 atom stereocenters. The van der Waals surface area contributed by atoms with Gasteiger partial charge in [-0.15, -0.1) is 0 Å². The van der Waals surface area contributed by atoms with Crippen LogP contribution < -0.4 is 5.32 Å². The largest absolute Gasteiger partial charge is 0.346 e. The Hall–Kier alpha value is -2.73. The van der Waals surface area contributed by atoms with E-state index in [4.69, 9.17) is 0 Å². The number of nitrogens with zero attached hydrogens (tertiary/aromatic N) is 4. The van der Waals surface area contributed by atoms with Crippen molar-refractivity contribution in [1.82, 2.24) is 25.0 Å². The molecule has 0 aromatic carbocycles. The maximum atomic E-state index is 12.9. The molecule has 0 radical (unpaired) electrons. The fraction of sp³-hybridized carbons (Fsp3) is 0.458. The lowest BCUT2D eigenvalue weighted by Gasteiger charge is -2.30. The molecule has 2 aromatic heterocycles. The van der Waals surface area contributed by atoms with Crippen molar-refractivity contribution in [2.45, 2.75) is 45.7 Å². The molecule has 1 aliphatic carbocycles. The van der Waals surface area contributed by atoms with Gasteiger partial charge in [-0.3, -0.25) is 19.4 Å². The molecule has 1 N–H and O–H groups in total. The second-order valence-electron chi connectivity index (χ2n) is 8.58. The molecule has 0 unspecified atom stereocenters. The molecule has 0 fully saturated rings. The van der Waals surface area contributed by atoms with Crippen molar-refractivity contribution in [3.05, 3.63) is 70.8 Å². The first kappa shape index (κ1) is 20.5. The third-order valence-corrected chi connectivity index (χ3v) is 6.34. The van der Waals surface area contributed by atoms with Gasteiger partial charge in [0.05, 0.1) is 0 Å². The lowest BCUT2D eigenvalue weighted by molar-refractivity contribution is 0.0943. The summed E-state index contributed by atoms with van der Waals surface area (Å²) in [5.41, 5.74) is 6.60. The van der Waals surface area contributed by atoms with Crippen LogP contribution in [0, 0.1) is 5.92 Å². The molecule has 158 valence electrons. The maximum absolute atomic E-state index is 12.9. The van der Waals surface area contributed by atoms with E-state index >= 15 is 0 Å². The molecule has 2 aromatic rings. The SMILES string of the molecule is C=C(C)[C@@H]1CC=C(CN2CCc3c(c(C(=O)NCc4cccnc4)nn3C)C2)CC1. The van der Waals surface area contributed by atoms with Gasteiger partial charge in [0.2, 0.25) is 0 Å². The summed E-state index contributed by atoms with van der Waals surface area (Å²) in [6, 6.07) is 3.83. The minimum Gasteiger partial charge on any atom is -0.346 e. The van der Waals surface area contributed by atoms with Crippen molar-refractivity contribution in [3.63, 3.8) is 0 Å². The van der Waals surface area contributed by atoms with Crippen LogP contribution >= 0.6 is 0 Å². The Morgan fingerprint density at radius 2 is 2.23 bits per heavy atom. The topological polar surface area (TPSA) is 63.1 Å². The van der Waals surface area contributed by atoms with Crippen molar-refractivity contribution in [2.24, 2.45) is 13.0 Å². The Kier molecular flexibility index (Phi) is 6.13. The van der Waals surface area contributed by atoms with Crippen LogP contribution in [-0.4, -0.2) is 38.7 Å². The molecule has 0 bridgehead atoms. The fourth-order valence-electron chi connectivity index (χ4n) is 4.50. The average Bonchev–Trinajstić information content (AvgIpc) is 3.09. The number of rotatable bonds is 6. The number of carbonyl (C=O) groups is 1. The number of fused-ring (bicyclic) bond motifs is 1. The summed E-state index contributed by atoms with van der Waals surface area (Å²) >= 11 is 0. The van der Waals surface area contributed by atoms with Crippen LogP contribution in [0.4, 0.5) is 0 Å². The number of hydrogen-bond donors (Lipinski definition) is 1. The predicted octanol–water partition coefficient (Wildman–Crippen LogP) is 3.41. The van der Waals surface area contributed by atoms with Crippen molar-refractivity contribution in [3.8, 4) is 0 Å². The number of pyridine rings is 1. The normalized spacial score (nSPS) is 19.1. The molecule has 1 amide bonds. The lowest BCUT2D eigenvalue weighted by atomic mass is 9.85. The summed E-state index contributed by atoms with van der Waals surface area (Å²) in [7, 11) is 1.94. The van der Waals surface area contributed by atoms with Gasteiger partial charge in [-0.25, -0.2) is 0 Å². The Bertz CT molecular complexity index is 959. The zero-order valence-corrected chi connectivity index (χ0v) is 18.0. The number of allylic oxidation sites excluding steroid dienone is 2. The molecule has 0 saturated heterocycles. The van der Waals surface area contributed by atoms with Crippen LogP contribution in [0.5, 0.6) is 0 Å². The Morgan fingerprint density at radius 3 is 2.93 bits per heavy atom. The van der Waals surface area contributed by atoms with E-state index in [2.05, 4.69) is 39.9 Å². The number of hydrogen-bond acceptors (Lipinski definition) is 4. The van der Waals surface area contributed by atoms with Crippen molar-refractivity contribution < 1.29 is 4.79 Å². The van der Waals surface area contributed by atoms with Gasteiger partial charge in [-0.1, -0.05) is 29.9 Å². The monoisotopic (exact) mass is 405 g/mol. The molecule has 4 rings (SSSR count). The van der Waals surface area contributed by atoms with Gasteiger partial charge in [0, 0.05) is 63.3 Å². The molecule has 6 nitrogen and oxygen atoms in total. The number of carbonyl (C=O) groups excluding carboxylic acids is 1. The van der Waals surface area contributed by atoms with Gasteiger partial charge < -0.3 is 5.32 Å². The lowest BCUT2D eigenvalue weighted by Crippen LogP contribution is -2.34. The summed E-state index contributed by atoms with van der Waals surface area (Å²) in [6.45, 7) is 9.47. The quantitative estimate of drug-likeness (QED) is 0.748. The van der Waals surface area contributed by atoms with Crippen molar-refractivity contribution >= 4 is 5.91 Å². The minimum atomic E-state index is -0.112. The molecular weight excluding hydrogens is 374 g/mol. The second-order valence-corrected chi connectivity index (χ2v) is 8.58. The number of aromatic nitrogens is 3. The van der Waals surface area contributed by atoms with E-state index in [1.807, 2.05) is 23.9 Å². The van der Waals surface area contributed by atoms with E-state index in [0.717, 1.165) is 50.0 Å². The third kappa shape index (κ3) is 4.54. The van der Waals surface area contributed by atoms with Crippen molar-refractivity contribution in [1.29, 1.82) is 0 Å². The molecular formula is C24H31N5O. The van der Waals surface area contributed by atoms with Crippen LogP contribution in [0.2, 0.25) is 0 Å². The number of nitrogens with one attached hydrogen (secondary N) is 1. The smallest absolute Gasteiger partial charge is 0.272 e. The summed E-state index contributed by atoms with van der Waals surface area (Å²) < 4.78 is 1.88. The van der Waals surface area contributed by atoms with Crippen LogP contribution in [0.15, 0.2) is 48.3 Å². The molecule has 30 heavy (non-hydrogen) atoms. The first-order valence-corrected chi connectivity index (χ1v) is 10.8. The summed E-state index contributed by atoms with van der Waals surface area (Å²) in [5, 5.41) is 7.55. The highest BCUT2D eigenvalue weighted by molar-refractivity contribution is 5.94. The Balaban J connectivity index is 1.41. The van der Waals surface area contributed by atoms with E-state index in [0.29, 0.717) is 18.2 Å². The van der Waals surface area contributed by atoms with Gasteiger partial charge in [-0.05, 0) is 43.7 Å². The molecule has 0 spiro atoms. The third-order valence-electron chi connectivity index (χ3n) is 6.34. The summed E-state index contributed by atoms with van der Waals surface area (Å²) in [6.07, 6.45) is 10.3. The average molecular weight is 406 g/mol. The highest BCUT2D eigenvalue weighted by Crippen LogP contribution is 2.30. The van der Waals surface area contributed by atoms with Gasteiger partial charge in [0.15, 0.2) is 5.69 Å². The van der Waals surface area contributed by atoms with Gasteiger partial charge in [-0.2, -0.15) is 5.10 Å². The van der Waals surface area contributed by atoms with E-state index in [1.165, 1.54) is 23.3 Å². The Labute approximate surface area is 178 Å². The zero-order valence-electron chi connectivity index (χ0n) is 18.0. The van der Waals surface area contributed by atoms with Crippen LogP contribution in [0.25, 0.3) is 0 Å². The van der Waals surface area contributed by atoms with E-state index < -0.39 is 0 Å². The first-order chi connectivity index (χ1) is 14.5. The fourth-order valence-corrected chi connectivity index (χ4v) is 4.50. The predicted molar refractivity (Wildman–Crippen MR) is 118 cm³/mol. The summed E-state index contributed by atoms with van der Waals surface area (Å²) in [4.78, 5) is 19.4. The van der Waals surface area contributed by atoms with Crippen molar-refractivity contribution in [2.75, 3.05) is 13.1 Å². The van der Waals surface area contributed by atoms with Crippen LogP contribution in [0.1, 0.15) is 53.5 Å². The van der Waals surface area contributed by atoms with Gasteiger partial charge >= 0.3 is 0 Å². The highest BCUT2D eigenvalue weighted by atomic mass is 16.1. The maximum Gasteiger partial charge on any atom is 0.272 e.